The number of carbonyl (C=O) groups is 2. The molecule has 2 atom stereocenters. The Kier molecular flexibility index (Phi) is 4.81. The van der Waals surface area contributed by atoms with Gasteiger partial charge in [-0.3, -0.25) is 9.59 Å². The summed E-state index contributed by atoms with van der Waals surface area (Å²) in [6.45, 7) is 0.0573. The van der Waals surface area contributed by atoms with Crippen LogP contribution < -0.4 is 10.6 Å². The molecule has 1 saturated heterocycles. The molecule has 0 spiro atoms. The van der Waals surface area contributed by atoms with E-state index < -0.39 is 6.04 Å². The van der Waals surface area contributed by atoms with Gasteiger partial charge in [0.1, 0.15) is 11.4 Å². The average Bonchev–Trinajstić information content (AvgIpc) is 2.42. The Morgan fingerprint density at radius 1 is 1.37 bits per heavy atom. The number of aliphatic hydroxyl groups excluding tert-OH is 1. The molecular formula is C13H16N2O3S. The van der Waals surface area contributed by atoms with Gasteiger partial charge in [-0.05, 0) is 5.56 Å². The van der Waals surface area contributed by atoms with E-state index >= 15 is 0 Å². The third-order valence-electron chi connectivity index (χ3n) is 2.78. The summed E-state index contributed by atoms with van der Waals surface area (Å²) < 4.78 is 0. The highest BCUT2D eigenvalue weighted by atomic mass is 32.2. The summed E-state index contributed by atoms with van der Waals surface area (Å²) in [6, 6.07) is 8.89. The molecule has 3 N–H and O–H groups in total. The third kappa shape index (κ3) is 3.71. The second-order valence-corrected chi connectivity index (χ2v) is 5.48. The van der Waals surface area contributed by atoms with E-state index in [-0.39, 0.29) is 30.2 Å². The predicted octanol–water partition coefficient (Wildman–Crippen LogP) is -0.105. The number of rotatable bonds is 6. The number of benzene rings is 1. The SMILES string of the molecule is O=C(Cc1ccccc1)NC1C(=O)NC1SCCO. The minimum atomic E-state index is -0.493. The van der Waals surface area contributed by atoms with Gasteiger partial charge in [0.05, 0.1) is 13.0 Å². The lowest BCUT2D eigenvalue weighted by Gasteiger charge is -2.36. The van der Waals surface area contributed by atoms with Crippen LogP contribution in [-0.4, -0.2) is 40.7 Å². The number of amides is 2. The van der Waals surface area contributed by atoms with Gasteiger partial charge in [0.2, 0.25) is 11.8 Å². The number of aliphatic hydroxyl groups is 1. The van der Waals surface area contributed by atoms with Gasteiger partial charge in [-0.25, -0.2) is 0 Å². The lowest BCUT2D eigenvalue weighted by molar-refractivity contribution is -0.134. The summed E-state index contributed by atoms with van der Waals surface area (Å²) in [4.78, 5) is 23.2. The third-order valence-corrected chi connectivity index (χ3v) is 3.95. The molecule has 1 aromatic carbocycles. The highest BCUT2D eigenvalue weighted by molar-refractivity contribution is 8.00. The van der Waals surface area contributed by atoms with Crippen LogP contribution in [0.1, 0.15) is 5.56 Å². The molecule has 0 aromatic heterocycles. The smallest absolute Gasteiger partial charge is 0.246 e. The van der Waals surface area contributed by atoms with E-state index in [1.165, 1.54) is 11.8 Å². The Bertz CT molecular complexity index is 452. The maximum Gasteiger partial charge on any atom is 0.246 e. The van der Waals surface area contributed by atoms with Crippen LogP contribution in [-0.2, 0) is 16.0 Å². The maximum absolute atomic E-state index is 11.8. The minimum absolute atomic E-state index is 0.0573. The van der Waals surface area contributed by atoms with E-state index in [2.05, 4.69) is 10.6 Å². The van der Waals surface area contributed by atoms with E-state index in [0.717, 1.165) is 5.56 Å². The van der Waals surface area contributed by atoms with Gasteiger partial charge in [-0.1, -0.05) is 30.3 Å². The minimum Gasteiger partial charge on any atom is -0.396 e. The van der Waals surface area contributed by atoms with Gasteiger partial charge in [0.15, 0.2) is 0 Å². The quantitative estimate of drug-likeness (QED) is 0.636. The topological polar surface area (TPSA) is 78.4 Å². The zero-order valence-corrected chi connectivity index (χ0v) is 11.2. The summed E-state index contributed by atoms with van der Waals surface area (Å²) in [6.07, 6.45) is 0.266. The van der Waals surface area contributed by atoms with Crippen molar-refractivity contribution < 1.29 is 14.7 Å². The second-order valence-electron chi connectivity index (χ2n) is 4.23. The number of carbonyl (C=O) groups excluding carboxylic acids is 2. The van der Waals surface area contributed by atoms with Crippen molar-refractivity contribution >= 4 is 23.6 Å². The van der Waals surface area contributed by atoms with Gasteiger partial charge < -0.3 is 15.7 Å². The molecule has 19 heavy (non-hydrogen) atoms. The Hall–Kier alpha value is -1.53. The fourth-order valence-corrected chi connectivity index (χ4v) is 2.76. The number of hydrogen-bond acceptors (Lipinski definition) is 4. The zero-order valence-electron chi connectivity index (χ0n) is 10.3. The van der Waals surface area contributed by atoms with Crippen LogP contribution in [0.2, 0.25) is 0 Å². The van der Waals surface area contributed by atoms with Crippen molar-refractivity contribution in [3.05, 3.63) is 35.9 Å². The van der Waals surface area contributed by atoms with E-state index in [1.807, 2.05) is 30.3 Å². The van der Waals surface area contributed by atoms with E-state index in [0.29, 0.717) is 5.75 Å². The highest BCUT2D eigenvalue weighted by Crippen LogP contribution is 2.19. The first kappa shape index (κ1) is 13.9. The van der Waals surface area contributed by atoms with Crippen molar-refractivity contribution in [1.82, 2.24) is 10.6 Å². The molecule has 5 nitrogen and oxygen atoms in total. The van der Waals surface area contributed by atoms with Crippen LogP contribution in [0.25, 0.3) is 0 Å². The predicted molar refractivity (Wildman–Crippen MR) is 73.6 cm³/mol. The van der Waals surface area contributed by atoms with E-state index in [1.54, 1.807) is 0 Å². The number of hydrogen-bond donors (Lipinski definition) is 3. The lowest BCUT2D eigenvalue weighted by atomic mass is 10.1. The lowest BCUT2D eigenvalue weighted by Crippen LogP contribution is -2.67. The molecule has 1 aliphatic rings. The fraction of sp³-hybridized carbons (Fsp3) is 0.385. The summed E-state index contributed by atoms with van der Waals surface area (Å²) in [5.41, 5.74) is 0.916. The fourth-order valence-electron chi connectivity index (χ4n) is 1.82. The van der Waals surface area contributed by atoms with E-state index in [9.17, 15) is 9.59 Å². The van der Waals surface area contributed by atoms with Crippen molar-refractivity contribution in [1.29, 1.82) is 0 Å². The molecule has 0 radical (unpaired) electrons. The molecule has 0 aliphatic carbocycles. The maximum atomic E-state index is 11.8. The molecule has 2 rings (SSSR count). The van der Waals surface area contributed by atoms with Crippen molar-refractivity contribution in [3.63, 3.8) is 0 Å². The van der Waals surface area contributed by atoms with Crippen LogP contribution in [0.3, 0.4) is 0 Å². The average molecular weight is 280 g/mol. The molecule has 0 saturated carbocycles. The molecule has 2 amide bonds. The Morgan fingerprint density at radius 3 is 2.74 bits per heavy atom. The van der Waals surface area contributed by atoms with Crippen molar-refractivity contribution in [3.8, 4) is 0 Å². The van der Waals surface area contributed by atoms with Gasteiger partial charge in [-0.2, -0.15) is 0 Å². The van der Waals surface area contributed by atoms with Gasteiger partial charge in [0.25, 0.3) is 0 Å². The first-order chi connectivity index (χ1) is 9.20. The first-order valence-electron chi connectivity index (χ1n) is 6.07. The molecule has 6 heteroatoms. The highest BCUT2D eigenvalue weighted by Gasteiger charge is 2.40. The Labute approximate surface area is 115 Å². The Balaban J connectivity index is 1.83. The van der Waals surface area contributed by atoms with Crippen molar-refractivity contribution in [2.24, 2.45) is 0 Å². The summed E-state index contributed by atoms with van der Waals surface area (Å²) in [7, 11) is 0. The van der Waals surface area contributed by atoms with Gasteiger partial charge >= 0.3 is 0 Å². The molecule has 1 aromatic rings. The van der Waals surface area contributed by atoms with Crippen LogP contribution >= 0.6 is 11.8 Å². The van der Waals surface area contributed by atoms with Crippen molar-refractivity contribution in [2.45, 2.75) is 17.8 Å². The molecule has 0 bridgehead atoms. The van der Waals surface area contributed by atoms with E-state index in [4.69, 9.17) is 5.11 Å². The first-order valence-corrected chi connectivity index (χ1v) is 7.11. The van der Waals surface area contributed by atoms with Gasteiger partial charge in [-0.15, -0.1) is 11.8 Å². The summed E-state index contributed by atoms with van der Waals surface area (Å²) in [5.74, 6) is 0.202. The van der Waals surface area contributed by atoms with Gasteiger partial charge in [0, 0.05) is 5.75 Å². The standard InChI is InChI=1S/C13H16N2O3S/c16-6-7-19-13-11(12(18)15-13)14-10(17)8-9-4-2-1-3-5-9/h1-5,11,13,16H,6-8H2,(H,14,17)(H,15,18). The number of β-lactam (4-membered cyclic amide) rings is 1. The molecule has 1 fully saturated rings. The number of nitrogens with one attached hydrogen (secondary N) is 2. The normalized spacial score (nSPS) is 21.4. The Morgan fingerprint density at radius 2 is 2.11 bits per heavy atom. The van der Waals surface area contributed by atoms with Crippen LogP contribution in [0, 0.1) is 0 Å². The largest absolute Gasteiger partial charge is 0.396 e. The van der Waals surface area contributed by atoms with Crippen LogP contribution in [0.5, 0.6) is 0 Å². The van der Waals surface area contributed by atoms with Crippen molar-refractivity contribution in [2.75, 3.05) is 12.4 Å². The molecule has 102 valence electrons. The second kappa shape index (κ2) is 6.58. The van der Waals surface area contributed by atoms with Crippen LogP contribution in [0.4, 0.5) is 0 Å². The summed E-state index contributed by atoms with van der Waals surface area (Å²) >= 11 is 1.43. The van der Waals surface area contributed by atoms with Crippen LogP contribution in [0.15, 0.2) is 30.3 Å². The molecule has 2 unspecified atom stereocenters. The molecule has 1 heterocycles. The summed E-state index contributed by atoms with van der Waals surface area (Å²) in [5, 5.41) is 14.0. The number of thioether (sulfide) groups is 1. The molecular weight excluding hydrogens is 264 g/mol. The molecule has 1 aliphatic heterocycles. The zero-order chi connectivity index (χ0) is 13.7. The monoisotopic (exact) mass is 280 g/mol.